The lowest BCUT2D eigenvalue weighted by molar-refractivity contribution is -0.139. The molecule has 128 valence electrons. The summed E-state index contributed by atoms with van der Waals surface area (Å²) >= 11 is 0. The molecule has 0 amide bonds. The Kier molecular flexibility index (Phi) is 3.92. The smallest absolute Gasteiger partial charge is 0.331 e. The van der Waals surface area contributed by atoms with Crippen LogP contribution in [0.1, 0.15) is 39.5 Å². The van der Waals surface area contributed by atoms with Gasteiger partial charge in [0.15, 0.2) is 0 Å². The number of hydrogen-bond acceptors (Lipinski definition) is 6. The summed E-state index contributed by atoms with van der Waals surface area (Å²) < 4.78 is 34.7. The van der Waals surface area contributed by atoms with Crippen molar-refractivity contribution in [2.75, 3.05) is 12.4 Å². The molecule has 6 nitrogen and oxygen atoms in total. The predicted octanol–water partition coefficient (Wildman–Crippen LogP) is 1.60. The third-order valence-electron chi connectivity index (χ3n) is 5.94. The van der Waals surface area contributed by atoms with Crippen LogP contribution < -0.4 is 0 Å². The van der Waals surface area contributed by atoms with Gasteiger partial charge in [-0.05, 0) is 30.3 Å². The van der Waals surface area contributed by atoms with Crippen LogP contribution in [0.2, 0.25) is 0 Å². The molecule has 0 saturated heterocycles. The number of ketones is 1. The van der Waals surface area contributed by atoms with Gasteiger partial charge in [-0.25, -0.2) is 4.79 Å². The van der Waals surface area contributed by atoms with Crippen LogP contribution in [0.5, 0.6) is 0 Å². The minimum atomic E-state index is -3.80. The first kappa shape index (κ1) is 16.6. The quantitative estimate of drug-likeness (QED) is 0.538. The van der Waals surface area contributed by atoms with E-state index in [2.05, 4.69) is 0 Å². The van der Waals surface area contributed by atoms with E-state index in [0.717, 1.165) is 6.42 Å². The van der Waals surface area contributed by atoms with Crippen molar-refractivity contribution in [1.29, 1.82) is 0 Å². The van der Waals surface area contributed by atoms with Gasteiger partial charge < -0.3 is 4.74 Å². The Hall–Kier alpha value is -1.21. The van der Waals surface area contributed by atoms with Crippen molar-refractivity contribution in [3.63, 3.8) is 0 Å². The molecule has 23 heavy (non-hydrogen) atoms. The number of hydrogen-bond donors (Lipinski definition) is 0. The lowest BCUT2D eigenvalue weighted by Gasteiger charge is -2.35. The lowest BCUT2D eigenvalue weighted by Crippen LogP contribution is -2.42. The van der Waals surface area contributed by atoms with Crippen LogP contribution in [0.3, 0.4) is 0 Å². The Morgan fingerprint density at radius 2 is 2.09 bits per heavy atom. The van der Waals surface area contributed by atoms with E-state index in [9.17, 15) is 18.0 Å². The SMILES string of the molecule is CC1(C)C2CCC1(CS(=O)(=O)OCCC1C=CC(=O)O1)C(=O)C2. The molecule has 3 unspecified atom stereocenters. The summed E-state index contributed by atoms with van der Waals surface area (Å²) in [7, 11) is -3.80. The molecule has 0 N–H and O–H groups in total. The summed E-state index contributed by atoms with van der Waals surface area (Å²) in [6, 6.07) is 0. The number of carbonyl (C=O) groups excluding carboxylic acids is 2. The van der Waals surface area contributed by atoms with E-state index in [1.807, 2.05) is 13.8 Å². The van der Waals surface area contributed by atoms with Crippen LogP contribution in [-0.2, 0) is 28.6 Å². The Morgan fingerprint density at radius 3 is 2.61 bits per heavy atom. The molecule has 3 rings (SSSR count). The number of carbonyl (C=O) groups is 2. The maximum Gasteiger partial charge on any atom is 0.331 e. The zero-order chi connectivity index (χ0) is 16.9. The summed E-state index contributed by atoms with van der Waals surface area (Å²) in [5.74, 6) is -0.346. The van der Waals surface area contributed by atoms with Crippen molar-refractivity contribution in [1.82, 2.24) is 0 Å². The zero-order valence-corrected chi connectivity index (χ0v) is 14.2. The first-order valence-corrected chi connectivity index (χ1v) is 9.53. The highest BCUT2D eigenvalue weighted by Crippen LogP contribution is 2.64. The summed E-state index contributed by atoms with van der Waals surface area (Å²) in [5, 5.41) is 0. The second-order valence-corrected chi connectivity index (χ2v) is 8.95. The van der Waals surface area contributed by atoms with E-state index < -0.39 is 27.6 Å². The van der Waals surface area contributed by atoms with Crippen LogP contribution in [0, 0.1) is 16.7 Å². The molecular weight excluding hydrogens is 320 g/mol. The van der Waals surface area contributed by atoms with Gasteiger partial charge in [-0.3, -0.25) is 8.98 Å². The molecule has 0 aromatic rings. The monoisotopic (exact) mass is 342 g/mol. The zero-order valence-electron chi connectivity index (χ0n) is 13.4. The standard InChI is InChI=1S/C16H22O6S/c1-15(2)11-5-7-16(15,13(17)9-11)10-23(19,20)21-8-6-12-3-4-14(18)22-12/h3-4,11-12H,5-10H2,1-2H3. The second-order valence-electron chi connectivity index (χ2n) is 7.31. The van der Waals surface area contributed by atoms with Gasteiger partial charge in [0.05, 0.1) is 17.8 Å². The number of cyclic esters (lactones) is 1. The number of Topliss-reactive ketones (excluding diaryl/α,β-unsaturated/α-hetero) is 1. The first-order valence-electron chi connectivity index (χ1n) is 7.95. The molecule has 3 aliphatic rings. The first-order chi connectivity index (χ1) is 10.7. The Balaban J connectivity index is 1.61. The second kappa shape index (κ2) is 5.41. The van der Waals surface area contributed by atoms with Gasteiger partial charge in [-0.15, -0.1) is 0 Å². The molecule has 2 aliphatic carbocycles. The van der Waals surface area contributed by atoms with Gasteiger partial charge in [0, 0.05) is 18.9 Å². The molecule has 1 heterocycles. The van der Waals surface area contributed by atoms with Crippen LogP contribution in [0.15, 0.2) is 12.2 Å². The molecule has 0 aromatic heterocycles. The molecular formula is C16H22O6S. The highest BCUT2D eigenvalue weighted by molar-refractivity contribution is 7.86. The van der Waals surface area contributed by atoms with E-state index in [4.69, 9.17) is 8.92 Å². The van der Waals surface area contributed by atoms with Gasteiger partial charge >= 0.3 is 5.97 Å². The fourth-order valence-electron chi connectivity index (χ4n) is 4.31. The van der Waals surface area contributed by atoms with E-state index in [1.54, 1.807) is 6.08 Å². The molecule has 3 atom stereocenters. The minimum Gasteiger partial charge on any atom is -0.455 e. The fourth-order valence-corrected chi connectivity index (χ4v) is 6.03. The summed E-state index contributed by atoms with van der Waals surface area (Å²) in [6.45, 7) is 3.93. The van der Waals surface area contributed by atoms with E-state index in [1.165, 1.54) is 6.08 Å². The number of esters is 1. The largest absolute Gasteiger partial charge is 0.455 e. The summed E-state index contributed by atoms with van der Waals surface area (Å²) in [6.07, 6.45) is 4.75. The van der Waals surface area contributed by atoms with Crippen LogP contribution >= 0.6 is 0 Å². The van der Waals surface area contributed by atoms with Crippen molar-refractivity contribution in [2.24, 2.45) is 16.7 Å². The molecule has 0 radical (unpaired) electrons. The average molecular weight is 342 g/mol. The van der Waals surface area contributed by atoms with Gasteiger partial charge in [-0.1, -0.05) is 13.8 Å². The number of fused-ring (bicyclic) bond motifs is 2. The highest BCUT2D eigenvalue weighted by atomic mass is 32.2. The van der Waals surface area contributed by atoms with Crippen LogP contribution in [-0.4, -0.2) is 38.6 Å². The Labute approximate surface area is 136 Å². The Bertz CT molecular complexity index is 662. The average Bonchev–Trinajstić information content (AvgIpc) is 3.00. The van der Waals surface area contributed by atoms with E-state index in [-0.39, 0.29) is 35.9 Å². The van der Waals surface area contributed by atoms with Crippen molar-refractivity contribution in [3.05, 3.63) is 12.2 Å². The lowest BCUT2D eigenvalue weighted by atomic mass is 9.70. The molecule has 2 fully saturated rings. The van der Waals surface area contributed by atoms with E-state index >= 15 is 0 Å². The predicted molar refractivity (Wildman–Crippen MR) is 81.9 cm³/mol. The van der Waals surface area contributed by atoms with Crippen molar-refractivity contribution < 1.29 is 26.9 Å². The van der Waals surface area contributed by atoms with Crippen molar-refractivity contribution >= 4 is 21.9 Å². The van der Waals surface area contributed by atoms with Crippen molar-refractivity contribution in [2.45, 2.75) is 45.6 Å². The molecule has 7 heteroatoms. The molecule has 0 spiro atoms. The maximum absolute atomic E-state index is 12.4. The highest BCUT2D eigenvalue weighted by Gasteiger charge is 2.65. The van der Waals surface area contributed by atoms with Crippen molar-refractivity contribution in [3.8, 4) is 0 Å². The third kappa shape index (κ3) is 2.74. The van der Waals surface area contributed by atoms with Gasteiger partial charge in [0.25, 0.3) is 10.1 Å². The topological polar surface area (TPSA) is 86.7 Å². The number of rotatable bonds is 6. The van der Waals surface area contributed by atoms with Gasteiger partial charge in [0.1, 0.15) is 11.9 Å². The van der Waals surface area contributed by atoms with Crippen LogP contribution in [0.25, 0.3) is 0 Å². The molecule has 1 aliphatic heterocycles. The maximum atomic E-state index is 12.4. The van der Waals surface area contributed by atoms with Gasteiger partial charge in [0.2, 0.25) is 0 Å². The normalized spacial score (nSPS) is 35.0. The number of ether oxygens (including phenoxy) is 1. The molecule has 2 saturated carbocycles. The third-order valence-corrected chi connectivity index (χ3v) is 7.31. The fraction of sp³-hybridized carbons (Fsp3) is 0.750. The van der Waals surface area contributed by atoms with Crippen LogP contribution in [0.4, 0.5) is 0 Å². The summed E-state index contributed by atoms with van der Waals surface area (Å²) in [4.78, 5) is 23.3. The van der Waals surface area contributed by atoms with Gasteiger partial charge in [-0.2, -0.15) is 8.42 Å². The molecule has 0 aromatic carbocycles. The minimum absolute atomic E-state index is 0.0542. The summed E-state index contributed by atoms with van der Waals surface area (Å²) in [5.41, 5.74) is -1.11. The Morgan fingerprint density at radius 1 is 1.35 bits per heavy atom. The molecule has 2 bridgehead atoms. The van der Waals surface area contributed by atoms with E-state index in [0.29, 0.717) is 12.8 Å².